The molecule has 4 nitrogen and oxygen atoms in total. The Bertz CT molecular complexity index is 578. The van der Waals surface area contributed by atoms with Crippen LogP contribution in [0, 0.1) is 13.8 Å². The van der Waals surface area contributed by atoms with Gasteiger partial charge in [0.05, 0.1) is 10.7 Å². The van der Waals surface area contributed by atoms with Crippen molar-refractivity contribution < 1.29 is 0 Å². The standard InChI is InChI=1S/C15H19ClN4/c1-4-8-17-13-9-14(19-11(3)18-13)20-15-10(2)6-5-7-12(15)16/h5-7,9H,4,8H2,1-3H3,(H2,17,18,19,20). The van der Waals surface area contributed by atoms with E-state index in [4.69, 9.17) is 11.6 Å². The topological polar surface area (TPSA) is 49.8 Å². The number of halogens is 1. The van der Waals surface area contributed by atoms with Crippen molar-refractivity contribution in [3.8, 4) is 0 Å². The van der Waals surface area contributed by atoms with Crippen molar-refractivity contribution in [2.75, 3.05) is 17.2 Å². The molecule has 0 bridgehead atoms. The molecule has 0 radical (unpaired) electrons. The number of hydrogen-bond acceptors (Lipinski definition) is 4. The highest BCUT2D eigenvalue weighted by Gasteiger charge is 2.07. The fourth-order valence-corrected chi connectivity index (χ4v) is 2.16. The van der Waals surface area contributed by atoms with Gasteiger partial charge >= 0.3 is 0 Å². The van der Waals surface area contributed by atoms with Gasteiger partial charge in [0, 0.05) is 12.6 Å². The van der Waals surface area contributed by atoms with E-state index in [9.17, 15) is 0 Å². The van der Waals surface area contributed by atoms with Gasteiger partial charge in [0.1, 0.15) is 17.5 Å². The zero-order valence-corrected chi connectivity index (χ0v) is 12.8. The highest BCUT2D eigenvalue weighted by Crippen LogP contribution is 2.28. The molecular formula is C15H19ClN4. The van der Waals surface area contributed by atoms with Gasteiger partial charge in [-0.05, 0) is 31.9 Å². The van der Waals surface area contributed by atoms with E-state index in [1.54, 1.807) is 0 Å². The lowest BCUT2D eigenvalue weighted by Crippen LogP contribution is -2.06. The van der Waals surface area contributed by atoms with Crippen molar-refractivity contribution in [2.24, 2.45) is 0 Å². The van der Waals surface area contributed by atoms with Crippen molar-refractivity contribution in [1.29, 1.82) is 0 Å². The molecule has 0 spiro atoms. The summed E-state index contributed by atoms with van der Waals surface area (Å²) < 4.78 is 0. The quantitative estimate of drug-likeness (QED) is 0.861. The first-order chi connectivity index (χ1) is 9.60. The third-order valence-corrected chi connectivity index (χ3v) is 3.18. The fraction of sp³-hybridized carbons (Fsp3) is 0.333. The van der Waals surface area contributed by atoms with Gasteiger partial charge in [0.25, 0.3) is 0 Å². The van der Waals surface area contributed by atoms with E-state index in [0.717, 1.165) is 41.7 Å². The van der Waals surface area contributed by atoms with Gasteiger partial charge in [-0.1, -0.05) is 30.7 Å². The number of nitrogens with zero attached hydrogens (tertiary/aromatic N) is 2. The summed E-state index contributed by atoms with van der Waals surface area (Å²) >= 11 is 6.22. The van der Waals surface area contributed by atoms with Crippen molar-refractivity contribution in [1.82, 2.24) is 9.97 Å². The predicted octanol–water partition coefficient (Wildman–Crippen LogP) is 4.31. The van der Waals surface area contributed by atoms with Crippen LogP contribution in [0.5, 0.6) is 0 Å². The summed E-state index contributed by atoms with van der Waals surface area (Å²) in [6.45, 7) is 6.90. The Morgan fingerprint density at radius 3 is 2.60 bits per heavy atom. The Morgan fingerprint density at radius 2 is 1.90 bits per heavy atom. The number of aryl methyl sites for hydroxylation is 2. The van der Waals surface area contributed by atoms with Crippen LogP contribution in [0.2, 0.25) is 5.02 Å². The van der Waals surface area contributed by atoms with Gasteiger partial charge in [0.2, 0.25) is 0 Å². The van der Waals surface area contributed by atoms with Gasteiger partial charge in [-0.25, -0.2) is 9.97 Å². The summed E-state index contributed by atoms with van der Waals surface area (Å²) in [7, 11) is 0. The van der Waals surface area contributed by atoms with Crippen LogP contribution in [0.1, 0.15) is 24.7 Å². The molecule has 0 aliphatic rings. The molecule has 0 aliphatic heterocycles. The molecule has 2 N–H and O–H groups in total. The highest BCUT2D eigenvalue weighted by atomic mass is 35.5. The second kappa shape index (κ2) is 6.57. The maximum atomic E-state index is 6.22. The molecule has 1 heterocycles. The Labute approximate surface area is 124 Å². The smallest absolute Gasteiger partial charge is 0.136 e. The monoisotopic (exact) mass is 290 g/mol. The van der Waals surface area contributed by atoms with Crippen molar-refractivity contribution in [3.63, 3.8) is 0 Å². The number of para-hydroxylation sites is 1. The molecule has 20 heavy (non-hydrogen) atoms. The molecule has 2 aromatic rings. The maximum absolute atomic E-state index is 6.22. The number of nitrogens with one attached hydrogen (secondary N) is 2. The van der Waals surface area contributed by atoms with Crippen LogP contribution >= 0.6 is 11.6 Å². The van der Waals surface area contributed by atoms with E-state index in [1.807, 2.05) is 38.1 Å². The SMILES string of the molecule is CCCNc1cc(Nc2c(C)cccc2Cl)nc(C)n1. The van der Waals surface area contributed by atoms with Crippen molar-refractivity contribution in [3.05, 3.63) is 40.7 Å². The number of hydrogen-bond donors (Lipinski definition) is 2. The number of rotatable bonds is 5. The van der Waals surface area contributed by atoms with Gasteiger partial charge in [-0.15, -0.1) is 0 Å². The summed E-state index contributed by atoms with van der Waals surface area (Å²) in [4.78, 5) is 8.76. The van der Waals surface area contributed by atoms with Gasteiger partial charge in [-0.2, -0.15) is 0 Å². The van der Waals surface area contributed by atoms with Crippen LogP contribution < -0.4 is 10.6 Å². The van der Waals surface area contributed by atoms with Gasteiger partial charge in [0.15, 0.2) is 0 Å². The van der Waals surface area contributed by atoms with E-state index >= 15 is 0 Å². The second-order valence-electron chi connectivity index (χ2n) is 4.67. The average molecular weight is 291 g/mol. The molecule has 0 atom stereocenters. The van der Waals surface area contributed by atoms with Crippen LogP contribution in [-0.2, 0) is 0 Å². The normalized spacial score (nSPS) is 10.4. The third-order valence-electron chi connectivity index (χ3n) is 2.87. The zero-order chi connectivity index (χ0) is 14.5. The Morgan fingerprint density at radius 1 is 1.15 bits per heavy atom. The maximum Gasteiger partial charge on any atom is 0.136 e. The summed E-state index contributed by atoms with van der Waals surface area (Å²) in [6, 6.07) is 7.70. The zero-order valence-electron chi connectivity index (χ0n) is 12.0. The van der Waals surface area contributed by atoms with Crippen molar-refractivity contribution in [2.45, 2.75) is 27.2 Å². The lowest BCUT2D eigenvalue weighted by Gasteiger charge is -2.12. The van der Waals surface area contributed by atoms with Crippen molar-refractivity contribution >= 4 is 28.9 Å². The molecule has 0 aliphatic carbocycles. The van der Waals surface area contributed by atoms with Crippen LogP contribution in [0.25, 0.3) is 0 Å². The predicted molar refractivity (Wildman–Crippen MR) is 85.0 cm³/mol. The lowest BCUT2D eigenvalue weighted by atomic mass is 10.2. The summed E-state index contributed by atoms with van der Waals surface area (Å²) in [5.74, 6) is 2.29. The fourth-order valence-electron chi connectivity index (χ4n) is 1.89. The van der Waals surface area contributed by atoms with E-state index in [1.165, 1.54) is 0 Å². The van der Waals surface area contributed by atoms with E-state index < -0.39 is 0 Å². The molecule has 5 heteroatoms. The number of benzene rings is 1. The molecule has 0 saturated heterocycles. The Hall–Kier alpha value is -1.81. The Kier molecular flexibility index (Phi) is 4.79. The van der Waals surface area contributed by atoms with Gasteiger partial charge < -0.3 is 10.6 Å². The molecule has 106 valence electrons. The molecule has 0 saturated carbocycles. The summed E-state index contributed by atoms with van der Waals surface area (Å²) in [5.41, 5.74) is 1.96. The molecule has 0 amide bonds. The van der Waals surface area contributed by atoms with E-state index in [2.05, 4.69) is 27.5 Å². The molecule has 0 fully saturated rings. The first-order valence-corrected chi connectivity index (χ1v) is 7.09. The minimum Gasteiger partial charge on any atom is -0.370 e. The van der Waals surface area contributed by atoms with Crippen LogP contribution in [0.4, 0.5) is 17.3 Å². The van der Waals surface area contributed by atoms with Gasteiger partial charge in [-0.3, -0.25) is 0 Å². The first-order valence-electron chi connectivity index (χ1n) is 6.72. The molecule has 1 aromatic carbocycles. The van der Waals surface area contributed by atoms with Crippen LogP contribution in [-0.4, -0.2) is 16.5 Å². The largest absolute Gasteiger partial charge is 0.370 e. The minimum atomic E-state index is 0.685. The van der Waals surface area contributed by atoms with Crippen LogP contribution in [0.3, 0.4) is 0 Å². The third kappa shape index (κ3) is 3.61. The second-order valence-corrected chi connectivity index (χ2v) is 5.08. The number of aromatic nitrogens is 2. The summed E-state index contributed by atoms with van der Waals surface area (Å²) in [6.07, 6.45) is 1.05. The summed E-state index contributed by atoms with van der Waals surface area (Å²) in [5, 5.41) is 7.23. The molecule has 0 unspecified atom stereocenters. The van der Waals surface area contributed by atoms with Crippen LogP contribution in [0.15, 0.2) is 24.3 Å². The Balaban J connectivity index is 2.27. The number of anilines is 3. The highest BCUT2D eigenvalue weighted by molar-refractivity contribution is 6.33. The molecule has 1 aromatic heterocycles. The minimum absolute atomic E-state index is 0.685. The first kappa shape index (κ1) is 14.6. The molecular weight excluding hydrogens is 272 g/mol. The van der Waals surface area contributed by atoms with E-state index in [-0.39, 0.29) is 0 Å². The lowest BCUT2D eigenvalue weighted by molar-refractivity contribution is 0.955. The molecule has 2 rings (SSSR count). The van der Waals surface area contributed by atoms with E-state index in [0.29, 0.717) is 5.02 Å². The average Bonchev–Trinajstić information content (AvgIpc) is 2.40.